The molecule has 0 fully saturated rings. The van der Waals surface area contributed by atoms with E-state index in [1.807, 2.05) is 0 Å². The van der Waals surface area contributed by atoms with E-state index in [2.05, 4.69) is 4.74 Å². The lowest BCUT2D eigenvalue weighted by Crippen LogP contribution is -1.91. The van der Waals surface area contributed by atoms with E-state index in [1.54, 1.807) is 7.11 Å². The fourth-order valence-corrected chi connectivity index (χ4v) is 0.0913. The van der Waals surface area contributed by atoms with Gasteiger partial charge in [0.15, 0.2) is 0 Å². The van der Waals surface area contributed by atoms with Gasteiger partial charge in [-0.15, -0.1) is 0 Å². The lowest BCUT2D eigenvalue weighted by molar-refractivity contribution is 0.135. The molecule has 0 saturated carbocycles. The maximum absolute atomic E-state index is 8.74. The van der Waals surface area contributed by atoms with Crippen LogP contribution < -0.4 is 0 Å². The summed E-state index contributed by atoms with van der Waals surface area (Å²) in [5.41, 5.74) is 0. The second-order valence-electron chi connectivity index (χ2n) is 1.16. The first-order valence-electron chi connectivity index (χ1n) is 2.21. The van der Waals surface area contributed by atoms with Gasteiger partial charge in [0.25, 0.3) is 0 Å². The molecular formula is C3H10O6S. The molecule has 0 atom stereocenters. The fourth-order valence-electron chi connectivity index (χ4n) is 0.0913. The van der Waals surface area contributed by atoms with Crippen molar-refractivity contribution in [2.75, 3.05) is 20.3 Å². The molecule has 0 amide bonds. The van der Waals surface area contributed by atoms with Crippen molar-refractivity contribution >= 4 is 10.4 Å². The lowest BCUT2D eigenvalue weighted by Gasteiger charge is -1.84. The van der Waals surface area contributed by atoms with Gasteiger partial charge in [0, 0.05) is 7.11 Å². The summed E-state index contributed by atoms with van der Waals surface area (Å²) >= 11 is 0. The highest BCUT2D eigenvalue weighted by Gasteiger charge is 1.84. The molecule has 0 aromatic carbocycles. The molecule has 0 rings (SSSR count). The van der Waals surface area contributed by atoms with E-state index in [0.717, 1.165) is 0 Å². The highest BCUT2D eigenvalue weighted by Crippen LogP contribution is 1.59. The number of ether oxygens (including phenoxy) is 1. The summed E-state index contributed by atoms with van der Waals surface area (Å²) in [5, 5.41) is 7.94. The van der Waals surface area contributed by atoms with Gasteiger partial charge < -0.3 is 9.84 Å². The predicted octanol–water partition coefficient (Wildman–Crippen LogP) is -1.03. The normalized spacial score (nSPS) is 10.0. The summed E-state index contributed by atoms with van der Waals surface area (Å²) in [6, 6.07) is 0. The van der Waals surface area contributed by atoms with Crippen LogP contribution in [0, 0.1) is 0 Å². The maximum atomic E-state index is 8.74. The molecule has 0 aliphatic heterocycles. The first kappa shape index (κ1) is 12.5. The summed E-state index contributed by atoms with van der Waals surface area (Å²) < 4.78 is 36.0. The van der Waals surface area contributed by atoms with E-state index in [0.29, 0.717) is 6.61 Å². The molecule has 0 heterocycles. The number of aliphatic hydroxyl groups is 1. The van der Waals surface area contributed by atoms with Crippen LogP contribution in [0.2, 0.25) is 0 Å². The average molecular weight is 174 g/mol. The van der Waals surface area contributed by atoms with Crippen LogP contribution in [0.25, 0.3) is 0 Å². The van der Waals surface area contributed by atoms with Crippen molar-refractivity contribution in [2.45, 2.75) is 0 Å². The predicted molar refractivity (Wildman–Crippen MR) is 33.1 cm³/mol. The Balaban J connectivity index is 0. The van der Waals surface area contributed by atoms with Crippen LogP contribution >= 0.6 is 0 Å². The molecule has 64 valence electrons. The van der Waals surface area contributed by atoms with E-state index in [9.17, 15) is 0 Å². The van der Waals surface area contributed by atoms with Gasteiger partial charge in [-0.05, 0) is 0 Å². The summed E-state index contributed by atoms with van der Waals surface area (Å²) in [6.07, 6.45) is 0. The smallest absolute Gasteiger partial charge is 0.394 e. The first-order valence-corrected chi connectivity index (χ1v) is 3.61. The Morgan fingerprint density at radius 1 is 1.40 bits per heavy atom. The molecule has 0 unspecified atom stereocenters. The minimum Gasteiger partial charge on any atom is -0.394 e. The highest BCUT2D eigenvalue weighted by molar-refractivity contribution is 7.79. The molecule has 0 aliphatic rings. The topological polar surface area (TPSA) is 104 Å². The van der Waals surface area contributed by atoms with Crippen LogP contribution in [-0.4, -0.2) is 43.0 Å². The van der Waals surface area contributed by atoms with Gasteiger partial charge in [0.05, 0.1) is 13.2 Å². The second kappa shape index (κ2) is 6.90. The Kier molecular flexibility index (Phi) is 8.61. The number of hydrogen-bond acceptors (Lipinski definition) is 4. The standard InChI is InChI=1S/C3H8O2.H2O4S/c1-5-3-2-4;1-5(2,3)4/h4H,2-3H2,1H3;(H2,1,2,3,4). The molecule has 0 aromatic rings. The third-order valence-corrected chi connectivity index (χ3v) is 0.295. The number of rotatable bonds is 2. The van der Waals surface area contributed by atoms with Crippen LogP contribution in [0.5, 0.6) is 0 Å². The summed E-state index contributed by atoms with van der Waals surface area (Å²) in [5.74, 6) is 0. The van der Waals surface area contributed by atoms with Crippen molar-refractivity contribution < 1.29 is 27.4 Å². The van der Waals surface area contributed by atoms with Gasteiger partial charge in [0.1, 0.15) is 0 Å². The minimum absolute atomic E-state index is 0.122. The minimum atomic E-state index is -4.67. The third kappa shape index (κ3) is 112. The van der Waals surface area contributed by atoms with Gasteiger partial charge in [0.2, 0.25) is 0 Å². The van der Waals surface area contributed by atoms with Crippen molar-refractivity contribution in [3.8, 4) is 0 Å². The van der Waals surface area contributed by atoms with Crippen molar-refractivity contribution in [1.29, 1.82) is 0 Å². The number of hydrogen-bond donors (Lipinski definition) is 3. The lowest BCUT2D eigenvalue weighted by atomic mass is 10.8. The van der Waals surface area contributed by atoms with Crippen LogP contribution in [0.4, 0.5) is 0 Å². The molecule has 0 spiro atoms. The molecule has 0 bridgehead atoms. The van der Waals surface area contributed by atoms with Gasteiger partial charge >= 0.3 is 10.4 Å². The Bertz CT molecular complexity index is 127. The summed E-state index contributed by atoms with van der Waals surface area (Å²) in [6.45, 7) is 0.566. The van der Waals surface area contributed by atoms with Gasteiger partial charge in [-0.3, -0.25) is 9.11 Å². The maximum Gasteiger partial charge on any atom is 0.394 e. The number of methoxy groups -OCH3 is 1. The Labute approximate surface area is 59.0 Å². The molecule has 7 heteroatoms. The van der Waals surface area contributed by atoms with Crippen molar-refractivity contribution in [3.63, 3.8) is 0 Å². The molecule has 0 aliphatic carbocycles. The zero-order valence-electron chi connectivity index (χ0n) is 5.39. The molecular weight excluding hydrogens is 164 g/mol. The Morgan fingerprint density at radius 2 is 1.70 bits per heavy atom. The second-order valence-corrected chi connectivity index (χ2v) is 2.06. The van der Waals surface area contributed by atoms with Gasteiger partial charge in [-0.1, -0.05) is 0 Å². The van der Waals surface area contributed by atoms with Crippen molar-refractivity contribution in [3.05, 3.63) is 0 Å². The van der Waals surface area contributed by atoms with Crippen molar-refractivity contribution in [1.82, 2.24) is 0 Å². The zero-order chi connectivity index (χ0) is 8.62. The van der Waals surface area contributed by atoms with E-state index >= 15 is 0 Å². The number of aliphatic hydroxyl groups excluding tert-OH is 1. The zero-order valence-corrected chi connectivity index (χ0v) is 6.21. The summed E-state index contributed by atoms with van der Waals surface area (Å²) in [7, 11) is -3.11. The van der Waals surface area contributed by atoms with E-state index in [4.69, 9.17) is 22.6 Å². The Morgan fingerprint density at radius 3 is 1.70 bits per heavy atom. The molecule has 6 nitrogen and oxygen atoms in total. The molecule has 3 N–H and O–H groups in total. The van der Waals surface area contributed by atoms with Gasteiger partial charge in [-0.2, -0.15) is 8.42 Å². The quantitative estimate of drug-likeness (QED) is 0.462. The van der Waals surface area contributed by atoms with E-state index < -0.39 is 10.4 Å². The van der Waals surface area contributed by atoms with Crippen molar-refractivity contribution in [2.24, 2.45) is 0 Å². The monoisotopic (exact) mass is 174 g/mol. The molecule has 10 heavy (non-hydrogen) atoms. The molecule has 0 saturated heterocycles. The fraction of sp³-hybridized carbons (Fsp3) is 1.00. The van der Waals surface area contributed by atoms with Crippen LogP contribution in [0.1, 0.15) is 0 Å². The Hall–Kier alpha value is -0.210. The van der Waals surface area contributed by atoms with Gasteiger partial charge in [-0.25, -0.2) is 0 Å². The van der Waals surface area contributed by atoms with E-state index in [-0.39, 0.29) is 6.61 Å². The van der Waals surface area contributed by atoms with Crippen LogP contribution in [0.3, 0.4) is 0 Å². The third-order valence-electron chi connectivity index (χ3n) is 0.295. The molecule has 0 radical (unpaired) electrons. The SMILES string of the molecule is COCCO.O=S(=O)(O)O. The average Bonchev–Trinajstić information content (AvgIpc) is 1.63. The highest BCUT2D eigenvalue weighted by atomic mass is 32.3. The van der Waals surface area contributed by atoms with Crippen LogP contribution in [0.15, 0.2) is 0 Å². The first-order chi connectivity index (χ1) is 4.41. The molecule has 0 aromatic heterocycles. The van der Waals surface area contributed by atoms with Crippen LogP contribution in [-0.2, 0) is 15.1 Å². The largest absolute Gasteiger partial charge is 0.394 e. The summed E-state index contributed by atoms with van der Waals surface area (Å²) in [4.78, 5) is 0. The van der Waals surface area contributed by atoms with E-state index in [1.165, 1.54) is 0 Å².